The van der Waals surface area contributed by atoms with E-state index in [0.29, 0.717) is 71.3 Å². The summed E-state index contributed by atoms with van der Waals surface area (Å²) in [5, 5.41) is 13.6. The molecular weight excluding hydrogens is 822 g/mol. The monoisotopic (exact) mass is 864 g/mol. The van der Waals surface area contributed by atoms with Crippen molar-refractivity contribution >= 4 is 50.2 Å². The standard InChI is InChI=1S/C50H43ClF2N6O4/c1-3-39(40-15-12-35(51)25-43(40)53)45(33-11-16-44-32(22-33)17-18-54-44)31-9-13-38(14-10-31)63-20-4-19-62-27-37(60)21-29-5-7-30(8-6-29)41-24-34-23-36(52)26-42-46(34)48(57-58-50(42)61)47(41)49-55-28-56-59(49)2/h5-18,22-23,25-26,28,41,47,54H,3-4,19-21,24,27H2,1-2H3,(H,58,61)/b45-39+/t41-,47-/m1/s1. The molecule has 0 saturated carbocycles. The van der Waals surface area contributed by atoms with Gasteiger partial charge in [-0.05, 0) is 112 Å². The minimum atomic E-state index is -0.479. The number of benzene rings is 5. The number of nitrogens with zero attached hydrogens (tertiary/aromatic N) is 4. The number of hydrogen-bond acceptors (Lipinski definition) is 7. The highest BCUT2D eigenvalue weighted by Crippen LogP contribution is 2.46. The molecule has 10 nitrogen and oxygen atoms in total. The molecule has 5 aromatic carbocycles. The summed E-state index contributed by atoms with van der Waals surface area (Å²) < 4.78 is 43.5. The number of aromatic amines is 2. The van der Waals surface area contributed by atoms with Crippen LogP contribution in [0.3, 0.4) is 0 Å². The third kappa shape index (κ3) is 8.56. The van der Waals surface area contributed by atoms with E-state index in [1.54, 1.807) is 16.8 Å². The van der Waals surface area contributed by atoms with E-state index < -0.39 is 11.4 Å². The maximum Gasteiger partial charge on any atom is 0.272 e. The molecule has 2 N–H and O–H groups in total. The van der Waals surface area contributed by atoms with E-state index in [2.05, 4.69) is 31.3 Å². The first-order chi connectivity index (χ1) is 30.6. The van der Waals surface area contributed by atoms with E-state index in [-0.39, 0.29) is 41.9 Å². The summed E-state index contributed by atoms with van der Waals surface area (Å²) in [6, 6.07) is 31.4. The van der Waals surface area contributed by atoms with E-state index in [1.807, 2.05) is 86.9 Å². The van der Waals surface area contributed by atoms with Crippen LogP contribution < -0.4 is 10.3 Å². The molecule has 63 heavy (non-hydrogen) atoms. The first-order valence-electron chi connectivity index (χ1n) is 20.9. The van der Waals surface area contributed by atoms with Gasteiger partial charge in [-0.25, -0.2) is 18.9 Å². The summed E-state index contributed by atoms with van der Waals surface area (Å²) in [7, 11) is 1.81. The molecule has 2 atom stereocenters. The lowest BCUT2D eigenvalue weighted by atomic mass is 9.73. The van der Waals surface area contributed by atoms with E-state index >= 15 is 4.39 Å². The van der Waals surface area contributed by atoms with Crippen LogP contribution in [-0.4, -0.2) is 55.5 Å². The highest BCUT2D eigenvalue weighted by Gasteiger charge is 2.38. The van der Waals surface area contributed by atoms with E-state index in [1.165, 1.54) is 24.5 Å². The average Bonchev–Trinajstić information content (AvgIpc) is 3.94. The fourth-order valence-corrected chi connectivity index (χ4v) is 9.04. The molecule has 0 unspecified atom stereocenters. The molecule has 0 aliphatic heterocycles. The second-order valence-electron chi connectivity index (χ2n) is 15.8. The molecule has 318 valence electrons. The molecule has 0 fully saturated rings. The smallest absolute Gasteiger partial charge is 0.272 e. The van der Waals surface area contributed by atoms with E-state index in [4.69, 9.17) is 21.1 Å². The summed E-state index contributed by atoms with van der Waals surface area (Å²) in [5.74, 6) is -0.0785. The zero-order valence-corrected chi connectivity index (χ0v) is 35.4. The van der Waals surface area contributed by atoms with Crippen molar-refractivity contribution in [3.63, 3.8) is 0 Å². The molecule has 0 bridgehead atoms. The molecule has 13 heteroatoms. The number of carbonyl (C=O) groups is 1. The highest BCUT2D eigenvalue weighted by molar-refractivity contribution is 6.30. The van der Waals surface area contributed by atoms with Gasteiger partial charge in [-0.3, -0.25) is 14.3 Å². The first kappa shape index (κ1) is 41.6. The summed E-state index contributed by atoms with van der Waals surface area (Å²) in [6.07, 6.45) is 5.23. The number of Topliss-reactive ketones (excluding diaryl/α,β-unsaturated/α-hetero) is 1. The van der Waals surface area contributed by atoms with Crippen molar-refractivity contribution in [3.05, 3.63) is 188 Å². The fourth-order valence-electron chi connectivity index (χ4n) is 8.88. The molecule has 1 aliphatic rings. The number of rotatable bonds is 15. The Morgan fingerprint density at radius 3 is 2.51 bits per heavy atom. The second-order valence-corrected chi connectivity index (χ2v) is 16.2. The lowest BCUT2D eigenvalue weighted by Crippen LogP contribution is -2.27. The number of aromatic nitrogens is 6. The lowest BCUT2D eigenvalue weighted by Gasteiger charge is -2.32. The predicted octanol–water partition coefficient (Wildman–Crippen LogP) is 9.90. The minimum absolute atomic E-state index is 0.0266. The van der Waals surface area contributed by atoms with Gasteiger partial charge in [0.15, 0.2) is 5.78 Å². The number of fused-ring (bicyclic) bond motifs is 1. The Kier molecular flexibility index (Phi) is 11.8. The van der Waals surface area contributed by atoms with Crippen LogP contribution in [0.15, 0.2) is 120 Å². The van der Waals surface area contributed by atoms with Gasteiger partial charge < -0.3 is 14.5 Å². The van der Waals surface area contributed by atoms with Gasteiger partial charge in [0.05, 0.1) is 30.2 Å². The number of ketones is 1. The van der Waals surface area contributed by atoms with Crippen molar-refractivity contribution in [1.82, 2.24) is 29.9 Å². The van der Waals surface area contributed by atoms with Crippen LogP contribution in [0.25, 0.3) is 32.8 Å². The van der Waals surface area contributed by atoms with Crippen molar-refractivity contribution in [1.29, 1.82) is 0 Å². The second kappa shape index (κ2) is 17.9. The van der Waals surface area contributed by atoms with E-state index in [0.717, 1.165) is 44.3 Å². The number of ether oxygens (including phenoxy) is 2. The largest absolute Gasteiger partial charge is 0.494 e. The molecule has 1 aliphatic carbocycles. The van der Waals surface area contributed by atoms with Crippen molar-refractivity contribution in [2.75, 3.05) is 19.8 Å². The van der Waals surface area contributed by atoms with Crippen LogP contribution in [-0.2, 0) is 29.4 Å². The molecule has 8 aromatic rings. The van der Waals surface area contributed by atoms with E-state index in [9.17, 15) is 14.0 Å². The molecule has 0 saturated heterocycles. The number of carbonyl (C=O) groups excluding carboxylic acids is 1. The van der Waals surface area contributed by atoms with Crippen molar-refractivity contribution in [3.8, 4) is 5.75 Å². The average molecular weight is 865 g/mol. The Morgan fingerprint density at radius 1 is 0.937 bits per heavy atom. The lowest BCUT2D eigenvalue weighted by molar-refractivity contribution is -0.123. The molecule has 3 heterocycles. The van der Waals surface area contributed by atoms with Gasteiger partial charge in [0.2, 0.25) is 0 Å². The Bertz CT molecular complexity index is 3070. The molecule has 9 rings (SSSR count). The van der Waals surface area contributed by atoms with Gasteiger partial charge in [0.1, 0.15) is 36.1 Å². The highest BCUT2D eigenvalue weighted by atomic mass is 35.5. The number of nitrogens with one attached hydrogen (secondary N) is 2. The van der Waals surface area contributed by atoms with Crippen molar-refractivity contribution < 1.29 is 23.0 Å². The summed E-state index contributed by atoms with van der Waals surface area (Å²) in [4.78, 5) is 33.4. The van der Waals surface area contributed by atoms with Crippen molar-refractivity contribution in [2.24, 2.45) is 7.05 Å². The third-order valence-corrected chi connectivity index (χ3v) is 12.0. The van der Waals surface area contributed by atoms with Crippen LogP contribution in [0.4, 0.5) is 8.78 Å². The summed E-state index contributed by atoms with van der Waals surface area (Å²) >= 11 is 6.12. The Hall–Kier alpha value is -6.76. The van der Waals surface area contributed by atoms with Gasteiger partial charge in [-0.1, -0.05) is 67.1 Å². The maximum absolute atomic E-state index is 15.3. The maximum atomic E-state index is 15.3. The summed E-state index contributed by atoms with van der Waals surface area (Å²) in [6.45, 7) is 2.74. The van der Waals surface area contributed by atoms with Crippen LogP contribution in [0.1, 0.15) is 76.5 Å². The zero-order chi connectivity index (χ0) is 43.6. The number of halogens is 3. The Morgan fingerprint density at radius 2 is 1.75 bits per heavy atom. The molecule has 0 spiro atoms. The van der Waals surface area contributed by atoms with Crippen LogP contribution >= 0.6 is 11.6 Å². The van der Waals surface area contributed by atoms with Crippen LogP contribution in [0, 0.1) is 11.6 Å². The molecular formula is C50H43ClF2N6O4. The molecule has 0 radical (unpaired) electrons. The van der Waals surface area contributed by atoms with Gasteiger partial charge in [0, 0.05) is 53.5 Å². The summed E-state index contributed by atoms with van der Waals surface area (Å²) in [5.41, 5.74) is 7.91. The number of allylic oxidation sites excluding steroid dienone is 1. The fraction of sp³-hybridized carbons (Fsp3) is 0.220. The third-order valence-electron chi connectivity index (χ3n) is 11.8. The topological polar surface area (TPSA) is 128 Å². The van der Waals surface area contributed by atoms with Gasteiger partial charge in [-0.15, -0.1) is 0 Å². The molecule has 0 amide bonds. The normalized spacial score (nSPS) is 15.2. The Labute approximate surface area is 366 Å². The van der Waals surface area contributed by atoms with Crippen molar-refractivity contribution in [2.45, 2.75) is 44.4 Å². The number of aryl methyl sites for hydroxylation is 1. The first-order valence-corrected chi connectivity index (χ1v) is 21.2. The number of hydrogen-bond donors (Lipinski definition) is 2. The predicted molar refractivity (Wildman–Crippen MR) is 240 cm³/mol. The zero-order valence-electron chi connectivity index (χ0n) is 34.6. The van der Waals surface area contributed by atoms with Crippen LogP contribution in [0.2, 0.25) is 5.02 Å². The van der Waals surface area contributed by atoms with Gasteiger partial charge in [0.25, 0.3) is 5.56 Å². The Balaban J connectivity index is 0.804. The minimum Gasteiger partial charge on any atom is -0.494 e. The molecule has 3 aromatic heterocycles. The van der Waals surface area contributed by atoms with Gasteiger partial charge in [-0.2, -0.15) is 10.2 Å². The quantitative estimate of drug-likeness (QED) is 0.0776. The SMILES string of the molecule is CC/C(=C(/c1ccc(OCCCOCC(=O)Cc2ccc([C@H]3Cc4cc(F)cc5c(=O)[nH]nc(c45)[C@@H]3c3ncnn3C)cc2)cc1)c1ccc2[nH]ccc2c1)c1ccc(Cl)cc1F. The van der Waals surface area contributed by atoms with Gasteiger partial charge >= 0.3 is 0 Å². The number of H-pyrrole nitrogens is 2. The van der Waals surface area contributed by atoms with Crippen LogP contribution in [0.5, 0.6) is 5.75 Å².